The van der Waals surface area contributed by atoms with Crippen LogP contribution in [0, 0.1) is 0 Å². The van der Waals surface area contributed by atoms with Gasteiger partial charge in [0, 0.05) is 18.7 Å². The van der Waals surface area contributed by atoms with E-state index in [-0.39, 0.29) is 21.9 Å². The maximum Gasteiger partial charge on any atom is 0.294 e. The molecule has 4 rings (SSSR count). The molecular weight excluding hydrogens is 434 g/mol. The van der Waals surface area contributed by atoms with E-state index >= 15 is 0 Å². The number of nitrogens with zero attached hydrogens (tertiary/aromatic N) is 3. The molecule has 1 aliphatic heterocycles. The van der Waals surface area contributed by atoms with E-state index in [1.807, 2.05) is 6.07 Å². The summed E-state index contributed by atoms with van der Waals surface area (Å²) in [7, 11) is -3.57. The molecule has 0 saturated carbocycles. The third-order valence-corrected chi connectivity index (χ3v) is 6.95. The molecule has 32 heavy (non-hydrogen) atoms. The van der Waals surface area contributed by atoms with Gasteiger partial charge in [0.15, 0.2) is 11.4 Å². The van der Waals surface area contributed by atoms with Gasteiger partial charge in [-0.3, -0.25) is 20.4 Å². The fourth-order valence-electron chi connectivity index (χ4n) is 3.34. The van der Waals surface area contributed by atoms with Crippen molar-refractivity contribution in [1.29, 1.82) is 0 Å². The van der Waals surface area contributed by atoms with E-state index in [9.17, 15) is 23.1 Å². The zero-order valence-corrected chi connectivity index (χ0v) is 17.7. The summed E-state index contributed by atoms with van der Waals surface area (Å²) in [6, 6.07) is 14.4. The molecule has 0 atom stereocenters. The zero-order valence-electron chi connectivity index (χ0n) is 16.9. The van der Waals surface area contributed by atoms with Gasteiger partial charge in [-0.1, -0.05) is 18.2 Å². The second-order valence-corrected chi connectivity index (χ2v) is 9.12. The number of carbonyl (C=O) groups is 2. The summed E-state index contributed by atoms with van der Waals surface area (Å²) in [5, 5.41) is 14.1. The number of nitrogens with one attached hydrogen (secondary N) is 2. The number of rotatable bonds is 5. The largest absolute Gasteiger partial charge is 0.504 e. The van der Waals surface area contributed by atoms with Crippen molar-refractivity contribution in [3.8, 4) is 11.4 Å². The van der Waals surface area contributed by atoms with Crippen molar-refractivity contribution >= 4 is 21.8 Å². The number of para-hydroxylation sites is 1. The Kier molecular flexibility index (Phi) is 5.93. The Morgan fingerprint density at radius 2 is 1.53 bits per heavy atom. The van der Waals surface area contributed by atoms with E-state index in [0.29, 0.717) is 18.8 Å². The first-order valence-electron chi connectivity index (χ1n) is 9.91. The first-order chi connectivity index (χ1) is 15.4. The number of hydrogen-bond acceptors (Lipinski definition) is 6. The van der Waals surface area contributed by atoms with Gasteiger partial charge in [0.25, 0.3) is 11.8 Å². The molecule has 166 valence electrons. The highest BCUT2D eigenvalue weighted by Crippen LogP contribution is 2.21. The predicted molar refractivity (Wildman–Crippen MR) is 115 cm³/mol. The van der Waals surface area contributed by atoms with Crippen molar-refractivity contribution in [3.05, 3.63) is 72.1 Å². The molecule has 3 N–H and O–H groups in total. The highest BCUT2D eigenvalue weighted by molar-refractivity contribution is 7.89. The van der Waals surface area contributed by atoms with E-state index in [4.69, 9.17) is 0 Å². The lowest BCUT2D eigenvalue weighted by Crippen LogP contribution is -2.41. The highest BCUT2D eigenvalue weighted by Gasteiger charge is 2.27. The van der Waals surface area contributed by atoms with Crippen LogP contribution in [0.1, 0.15) is 33.7 Å². The molecule has 1 aliphatic rings. The van der Waals surface area contributed by atoms with E-state index in [0.717, 1.165) is 12.8 Å². The number of aromatic nitrogens is 2. The minimum absolute atomic E-state index is 0.108. The normalized spacial score (nSPS) is 14.2. The number of sulfonamides is 1. The molecule has 1 saturated heterocycles. The highest BCUT2D eigenvalue weighted by atomic mass is 32.2. The average molecular weight is 455 g/mol. The van der Waals surface area contributed by atoms with Gasteiger partial charge < -0.3 is 5.11 Å². The fourth-order valence-corrected chi connectivity index (χ4v) is 4.86. The van der Waals surface area contributed by atoms with Crippen molar-refractivity contribution < 1.29 is 23.1 Å². The Hall–Kier alpha value is -3.70. The second-order valence-electron chi connectivity index (χ2n) is 7.19. The van der Waals surface area contributed by atoms with Gasteiger partial charge in [0.05, 0.1) is 16.8 Å². The number of aromatic hydroxyl groups is 1. The van der Waals surface area contributed by atoms with Gasteiger partial charge in [-0.05, 0) is 49.2 Å². The third kappa shape index (κ3) is 4.34. The van der Waals surface area contributed by atoms with Crippen LogP contribution in [0.5, 0.6) is 5.75 Å². The number of hydrogen-bond donors (Lipinski definition) is 3. The van der Waals surface area contributed by atoms with Crippen LogP contribution in [0.3, 0.4) is 0 Å². The molecule has 11 heteroatoms. The predicted octanol–water partition coefficient (Wildman–Crippen LogP) is 1.44. The van der Waals surface area contributed by atoms with Gasteiger partial charge >= 0.3 is 0 Å². The molecule has 10 nitrogen and oxygen atoms in total. The lowest BCUT2D eigenvalue weighted by atomic mass is 10.2. The summed E-state index contributed by atoms with van der Waals surface area (Å²) in [5.74, 6) is -1.80. The number of amides is 2. The Morgan fingerprint density at radius 3 is 2.19 bits per heavy atom. The molecule has 2 amide bonds. The Labute approximate surface area is 184 Å². The van der Waals surface area contributed by atoms with Crippen molar-refractivity contribution in [2.75, 3.05) is 13.1 Å². The Balaban J connectivity index is 1.40. The smallest absolute Gasteiger partial charge is 0.294 e. The average Bonchev–Trinajstić information content (AvgIpc) is 3.48. The maximum absolute atomic E-state index is 12.6. The molecule has 1 fully saturated rings. The summed E-state index contributed by atoms with van der Waals surface area (Å²) in [5.41, 5.74) is 4.96. The molecule has 2 aromatic carbocycles. The van der Waals surface area contributed by atoms with Crippen LogP contribution in [0.15, 0.2) is 65.7 Å². The summed E-state index contributed by atoms with van der Waals surface area (Å²) in [6.07, 6.45) is 2.95. The van der Waals surface area contributed by atoms with Crippen LogP contribution < -0.4 is 10.9 Å². The summed E-state index contributed by atoms with van der Waals surface area (Å²) in [4.78, 5) is 24.8. The summed E-state index contributed by atoms with van der Waals surface area (Å²) >= 11 is 0. The van der Waals surface area contributed by atoms with Crippen LogP contribution in [-0.4, -0.2) is 52.5 Å². The molecule has 2 heterocycles. The van der Waals surface area contributed by atoms with Crippen molar-refractivity contribution in [2.45, 2.75) is 17.7 Å². The van der Waals surface area contributed by atoms with Crippen molar-refractivity contribution in [1.82, 2.24) is 24.9 Å². The van der Waals surface area contributed by atoms with Crippen LogP contribution in [0.2, 0.25) is 0 Å². The molecule has 3 aromatic rings. The van der Waals surface area contributed by atoms with E-state index in [1.54, 1.807) is 24.3 Å². The van der Waals surface area contributed by atoms with Gasteiger partial charge in [0.2, 0.25) is 10.0 Å². The van der Waals surface area contributed by atoms with E-state index in [1.165, 1.54) is 39.4 Å². The van der Waals surface area contributed by atoms with Gasteiger partial charge in [0.1, 0.15) is 0 Å². The topological polar surface area (TPSA) is 134 Å². The number of benzene rings is 2. The SMILES string of the molecule is O=C(NNC(=O)c1nn(-c2ccccc2)cc1O)c1ccc(S(=O)(=O)N2CCCC2)cc1. The monoisotopic (exact) mass is 455 g/mol. The van der Waals surface area contributed by atoms with Crippen LogP contribution >= 0.6 is 0 Å². The summed E-state index contributed by atoms with van der Waals surface area (Å²) in [6.45, 7) is 0.979. The molecule has 0 aliphatic carbocycles. The van der Waals surface area contributed by atoms with Crippen LogP contribution in [0.4, 0.5) is 0 Å². The Bertz CT molecular complexity index is 1230. The number of carbonyl (C=O) groups excluding carboxylic acids is 2. The first-order valence-corrected chi connectivity index (χ1v) is 11.4. The fraction of sp³-hybridized carbons (Fsp3) is 0.190. The summed E-state index contributed by atoms with van der Waals surface area (Å²) < 4.78 is 27.9. The van der Waals surface area contributed by atoms with E-state index in [2.05, 4.69) is 16.0 Å². The minimum atomic E-state index is -3.57. The maximum atomic E-state index is 12.6. The van der Waals surface area contributed by atoms with Crippen LogP contribution in [0.25, 0.3) is 5.69 Å². The molecular formula is C21H21N5O5S. The zero-order chi connectivity index (χ0) is 22.7. The first kappa shape index (κ1) is 21.5. The Morgan fingerprint density at radius 1 is 0.906 bits per heavy atom. The third-order valence-electron chi connectivity index (χ3n) is 5.04. The van der Waals surface area contributed by atoms with E-state index < -0.39 is 21.8 Å². The molecule has 1 aromatic heterocycles. The standard InChI is InChI=1S/C21H21N5O5S/c27-18-14-26(16-6-2-1-3-7-16)24-19(18)21(29)23-22-20(28)15-8-10-17(11-9-15)32(30,31)25-12-4-5-13-25/h1-3,6-11,14,27H,4-5,12-13H2,(H,22,28)(H,23,29). The minimum Gasteiger partial charge on any atom is -0.504 e. The quantitative estimate of drug-likeness (QED) is 0.499. The van der Waals surface area contributed by atoms with Crippen LogP contribution in [-0.2, 0) is 10.0 Å². The van der Waals surface area contributed by atoms with Gasteiger partial charge in [-0.2, -0.15) is 9.40 Å². The lowest BCUT2D eigenvalue weighted by molar-refractivity contribution is 0.0842. The van der Waals surface area contributed by atoms with Crippen molar-refractivity contribution in [2.24, 2.45) is 0 Å². The van der Waals surface area contributed by atoms with Gasteiger partial charge in [-0.15, -0.1) is 0 Å². The molecule has 0 spiro atoms. The van der Waals surface area contributed by atoms with Gasteiger partial charge in [-0.25, -0.2) is 13.1 Å². The van der Waals surface area contributed by atoms with Crippen molar-refractivity contribution in [3.63, 3.8) is 0 Å². The second kappa shape index (κ2) is 8.81. The molecule has 0 radical (unpaired) electrons. The lowest BCUT2D eigenvalue weighted by Gasteiger charge is -2.15. The molecule has 0 bridgehead atoms. The number of hydrazine groups is 1. The molecule has 0 unspecified atom stereocenters.